The van der Waals surface area contributed by atoms with Crippen LogP contribution < -0.4 is 11.1 Å². The average Bonchev–Trinajstić information content (AvgIpc) is 3.01. The first-order chi connectivity index (χ1) is 20.2. The van der Waals surface area contributed by atoms with Crippen molar-refractivity contribution in [2.24, 2.45) is 0 Å². The fraction of sp³-hybridized carbons (Fsp3) is 0.0256. The van der Waals surface area contributed by atoms with Crippen molar-refractivity contribution in [3.63, 3.8) is 0 Å². The molecule has 0 radical (unpaired) electrons. The monoisotopic (exact) mass is 528 g/mol. The van der Waals surface area contributed by atoms with Crippen LogP contribution in [0, 0.1) is 0 Å². The zero-order valence-corrected chi connectivity index (χ0v) is 23.1. The summed E-state index contributed by atoms with van der Waals surface area (Å²) in [7, 11) is 0. The molecule has 0 aromatic heterocycles. The summed E-state index contributed by atoms with van der Waals surface area (Å²) in [4.78, 5) is 0. The van der Waals surface area contributed by atoms with Gasteiger partial charge in [-0.1, -0.05) is 128 Å². The van der Waals surface area contributed by atoms with Crippen molar-refractivity contribution in [3.05, 3.63) is 158 Å². The lowest BCUT2D eigenvalue weighted by atomic mass is 9.85. The molecule has 198 valence electrons. The molecule has 0 spiro atoms. The van der Waals surface area contributed by atoms with Crippen LogP contribution in [0.4, 0.5) is 17.1 Å². The minimum absolute atomic E-state index is 0.729. The minimum Gasteiger partial charge on any atom is -0.397 e. The second-order valence-corrected chi connectivity index (χ2v) is 10.1. The molecule has 0 fully saturated rings. The van der Waals surface area contributed by atoms with Gasteiger partial charge in [0.2, 0.25) is 0 Å². The predicted octanol–water partition coefficient (Wildman–Crippen LogP) is 10.8. The van der Waals surface area contributed by atoms with E-state index in [4.69, 9.17) is 5.73 Å². The Morgan fingerprint density at radius 3 is 1.61 bits per heavy atom. The molecule has 41 heavy (non-hydrogen) atoms. The standard InChI is InChI=1S/C39H32N2/c1-3-11-27(12-4-2)28-19-21-29(22-20-28)38-32-13-5-7-15-34(32)39(35-16-8-6-14-33(35)38)30-23-25-31(26-24-30)41-37-18-10-9-17-36(37)40/h3-26,41H,1,40H2,2H3/b12-4-,27-11+. The van der Waals surface area contributed by atoms with Gasteiger partial charge in [-0.3, -0.25) is 0 Å². The Labute approximate surface area is 241 Å². The van der Waals surface area contributed by atoms with Crippen LogP contribution in [0.25, 0.3) is 49.4 Å². The van der Waals surface area contributed by atoms with Gasteiger partial charge >= 0.3 is 0 Å². The molecular formula is C39H32N2. The Kier molecular flexibility index (Phi) is 7.21. The maximum absolute atomic E-state index is 6.15. The SMILES string of the molecule is C=C/C=C(\C=C/C)c1ccc(-c2c3ccccc3c(-c3ccc(Nc4ccccc4N)cc3)c3ccccc23)cc1. The smallest absolute Gasteiger partial charge is 0.0617 e. The fourth-order valence-corrected chi connectivity index (χ4v) is 5.62. The Morgan fingerprint density at radius 2 is 1.12 bits per heavy atom. The molecule has 0 saturated heterocycles. The summed E-state index contributed by atoms with van der Waals surface area (Å²) in [6.45, 7) is 5.92. The fourth-order valence-electron chi connectivity index (χ4n) is 5.62. The van der Waals surface area contributed by atoms with Crippen LogP contribution in [0.2, 0.25) is 0 Å². The van der Waals surface area contributed by atoms with Crippen LogP contribution in [0.3, 0.4) is 0 Å². The van der Waals surface area contributed by atoms with Crippen LogP contribution in [-0.2, 0) is 0 Å². The van der Waals surface area contributed by atoms with Crippen molar-refractivity contribution < 1.29 is 0 Å². The molecule has 0 unspecified atom stereocenters. The molecule has 6 aromatic carbocycles. The summed E-state index contributed by atoms with van der Waals surface area (Å²) < 4.78 is 0. The zero-order valence-electron chi connectivity index (χ0n) is 23.1. The van der Waals surface area contributed by atoms with E-state index >= 15 is 0 Å². The topological polar surface area (TPSA) is 38.0 Å². The molecular weight excluding hydrogens is 496 g/mol. The number of allylic oxidation sites excluding steroid dienone is 5. The number of nitrogen functional groups attached to an aromatic ring is 1. The summed E-state index contributed by atoms with van der Waals surface area (Å²) in [5.74, 6) is 0. The van der Waals surface area contributed by atoms with E-state index in [1.165, 1.54) is 49.4 Å². The largest absolute Gasteiger partial charge is 0.397 e. The Balaban J connectivity index is 1.49. The minimum atomic E-state index is 0.729. The van der Waals surface area contributed by atoms with Gasteiger partial charge in [0.05, 0.1) is 11.4 Å². The van der Waals surface area contributed by atoms with Crippen molar-refractivity contribution in [2.45, 2.75) is 6.92 Å². The van der Waals surface area contributed by atoms with E-state index in [0.717, 1.165) is 22.6 Å². The highest BCUT2D eigenvalue weighted by atomic mass is 14.9. The summed E-state index contributed by atoms with van der Waals surface area (Å²) in [5, 5.41) is 8.40. The zero-order chi connectivity index (χ0) is 28.2. The Morgan fingerprint density at radius 1 is 0.634 bits per heavy atom. The van der Waals surface area contributed by atoms with Crippen molar-refractivity contribution in [3.8, 4) is 22.3 Å². The van der Waals surface area contributed by atoms with Crippen molar-refractivity contribution in [2.75, 3.05) is 11.1 Å². The highest BCUT2D eigenvalue weighted by molar-refractivity contribution is 6.21. The van der Waals surface area contributed by atoms with Crippen LogP contribution in [0.5, 0.6) is 0 Å². The van der Waals surface area contributed by atoms with Gasteiger partial charge in [-0.25, -0.2) is 0 Å². The predicted molar refractivity (Wildman–Crippen MR) is 179 cm³/mol. The molecule has 2 heteroatoms. The van der Waals surface area contributed by atoms with E-state index in [1.807, 2.05) is 43.3 Å². The lowest BCUT2D eigenvalue weighted by Gasteiger charge is -2.18. The normalized spacial score (nSPS) is 11.8. The van der Waals surface area contributed by atoms with Crippen LogP contribution in [0.15, 0.2) is 152 Å². The van der Waals surface area contributed by atoms with Gasteiger partial charge in [0.15, 0.2) is 0 Å². The van der Waals surface area contributed by atoms with Gasteiger partial charge < -0.3 is 11.1 Å². The molecule has 3 N–H and O–H groups in total. The highest BCUT2D eigenvalue weighted by Gasteiger charge is 2.16. The van der Waals surface area contributed by atoms with Crippen LogP contribution in [0.1, 0.15) is 12.5 Å². The molecule has 2 nitrogen and oxygen atoms in total. The van der Waals surface area contributed by atoms with Crippen LogP contribution in [-0.4, -0.2) is 0 Å². The van der Waals surface area contributed by atoms with Crippen molar-refractivity contribution >= 4 is 44.2 Å². The summed E-state index contributed by atoms with van der Waals surface area (Å²) in [6, 6.07) is 42.8. The second-order valence-electron chi connectivity index (χ2n) is 10.1. The summed E-state index contributed by atoms with van der Waals surface area (Å²) >= 11 is 0. The van der Waals surface area contributed by atoms with Crippen molar-refractivity contribution in [1.29, 1.82) is 0 Å². The number of rotatable bonds is 7. The van der Waals surface area contributed by atoms with Gasteiger partial charge in [-0.2, -0.15) is 0 Å². The molecule has 0 aliphatic rings. The van der Waals surface area contributed by atoms with Gasteiger partial charge in [-0.05, 0) is 86.1 Å². The first-order valence-corrected chi connectivity index (χ1v) is 13.9. The number of hydrogen-bond acceptors (Lipinski definition) is 2. The van der Waals surface area contributed by atoms with Crippen molar-refractivity contribution in [1.82, 2.24) is 0 Å². The molecule has 0 atom stereocenters. The molecule has 0 aliphatic carbocycles. The molecule has 0 aliphatic heterocycles. The average molecular weight is 529 g/mol. The summed E-state index contributed by atoms with van der Waals surface area (Å²) in [5.41, 5.74) is 16.0. The number of nitrogens with one attached hydrogen (secondary N) is 1. The first-order valence-electron chi connectivity index (χ1n) is 13.9. The van der Waals surface area contributed by atoms with Gasteiger partial charge in [0.25, 0.3) is 0 Å². The molecule has 0 heterocycles. The Hall–Kier alpha value is -5.34. The van der Waals surface area contributed by atoms with E-state index in [1.54, 1.807) is 0 Å². The maximum Gasteiger partial charge on any atom is 0.0617 e. The van der Waals surface area contributed by atoms with E-state index in [0.29, 0.717) is 0 Å². The van der Waals surface area contributed by atoms with Crippen LogP contribution >= 0.6 is 0 Å². The maximum atomic E-state index is 6.15. The summed E-state index contributed by atoms with van der Waals surface area (Å²) in [6.07, 6.45) is 8.06. The number of fused-ring (bicyclic) bond motifs is 2. The van der Waals surface area contributed by atoms with E-state index in [-0.39, 0.29) is 0 Å². The van der Waals surface area contributed by atoms with E-state index in [9.17, 15) is 0 Å². The number of benzene rings is 6. The Bertz CT molecular complexity index is 1870. The second kappa shape index (κ2) is 11.4. The van der Waals surface area contributed by atoms with Gasteiger partial charge in [-0.15, -0.1) is 0 Å². The lowest BCUT2D eigenvalue weighted by Crippen LogP contribution is -1.96. The van der Waals surface area contributed by atoms with Gasteiger partial charge in [0.1, 0.15) is 0 Å². The third-order valence-electron chi connectivity index (χ3n) is 7.50. The highest BCUT2D eigenvalue weighted by Crippen LogP contribution is 2.44. The molecule has 6 rings (SSSR count). The number of hydrogen-bond donors (Lipinski definition) is 2. The molecule has 0 amide bonds. The van der Waals surface area contributed by atoms with Gasteiger partial charge in [0, 0.05) is 5.69 Å². The molecule has 6 aromatic rings. The first kappa shape index (κ1) is 25.9. The number of para-hydroxylation sites is 2. The quantitative estimate of drug-likeness (QED) is 0.123. The number of nitrogens with two attached hydrogens (primary N) is 1. The molecule has 0 bridgehead atoms. The molecule has 0 saturated carbocycles. The third kappa shape index (κ3) is 5.04. The lowest BCUT2D eigenvalue weighted by molar-refractivity contribution is 1.54. The van der Waals surface area contributed by atoms with E-state index in [2.05, 4.69) is 121 Å². The number of anilines is 3. The van der Waals surface area contributed by atoms with E-state index < -0.39 is 0 Å². The third-order valence-corrected chi connectivity index (χ3v) is 7.50.